The van der Waals surface area contributed by atoms with Crippen LogP contribution in [0.5, 0.6) is 5.75 Å². The van der Waals surface area contributed by atoms with Gasteiger partial charge in [0.1, 0.15) is 11.6 Å². The number of hydrogen-bond acceptors (Lipinski definition) is 4. The van der Waals surface area contributed by atoms with Gasteiger partial charge >= 0.3 is 6.03 Å². The highest BCUT2D eigenvalue weighted by molar-refractivity contribution is 6.30. The molecule has 0 fully saturated rings. The Bertz CT molecular complexity index is 873. The number of nitrogens with two attached hydrogens (primary N) is 1. The van der Waals surface area contributed by atoms with E-state index in [0.29, 0.717) is 23.0 Å². The molecule has 7 heteroatoms. The Kier molecular flexibility index (Phi) is 4.90. The molecule has 1 aromatic heterocycles. The number of carbonyl (C=O) groups excluding carboxylic acids is 1. The third-order valence-electron chi connectivity index (χ3n) is 3.48. The molecule has 6 nitrogen and oxygen atoms in total. The summed E-state index contributed by atoms with van der Waals surface area (Å²) in [5.74, 6) is 0.998. The van der Waals surface area contributed by atoms with Gasteiger partial charge in [-0.1, -0.05) is 23.7 Å². The molecule has 128 valence electrons. The van der Waals surface area contributed by atoms with E-state index in [1.54, 1.807) is 54.6 Å². The minimum Gasteiger partial charge on any atom is -0.494 e. The first-order valence-corrected chi connectivity index (χ1v) is 8.10. The molecule has 0 spiro atoms. The monoisotopic (exact) mass is 356 g/mol. The summed E-state index contributed by atoms with van der Waals surface area (Å²) in [5.41, 5.74) is 7.77. The van der Waals surface area contributed by atoms with E-state index in [1.807, 2.05) is 6.92 Å². The molecule has 0 radical (unpaired) electrons. The summed E-state index contributed by atoms with van der Waals surface area (Å²) in [6, 6.07) is 15.4. The molecule has 0 aliphatic rings. The van der Waals surface area contributed by atoms with Crippen LogP contribution in [-0.2, 0) is 0 Å². The number of carbonyl (C=O) groups is 1. The van der Waals surface area contributed by atoms with Gasteiger partial charge in [0.2, 0.25) is 0 Å². The molecule has 1 heterocycles. The van der Waals surface area contributed by atoms with Crippen LogP contribution in [0.4, 0.5) is 16.3 Å². The lowest BCUT2D eigenvalue weighted by Crippen LogP contribution is -2.21. The Morgan fingerprint density at radius 1 is 1.20 bits per heavy atom. The second-order valence-electron chi connectivity index (χ2n) is 5.26. The lowest BCUT2D eigenvalue weighted by atomic mass is 10.1. The molecule has 2 aromatic carbocycles. The van der Waals surface area contributed by atoms with Crippen LogP contribution in [-0.4, -0.2) is 22.4 Å². The molecule has 25 heavy (non-hydrogen) atoms. The van der Waals surface area contributed by atoms with Crippen molar-refractivity contribution in [3.8, 4) is 17.0 Å². The molecule has 3 rings (SSSR count). The first-order valence-electron chi connectivity index (χ1n) is 7.72. The smallest absolute Gasteiger partial charge is 0.347 e. The summed E-state index contributed by atoms with van der Waals surface area (Å²) in [6.07, 6.45) is 0. The number of nitrogens with zero attached hydrogens (tertiary/aromatic N) is 2. The standard InChI is InChI=1S/C18H17ClN4O2/c1-2-25-15-9-7-14(8-10-15)21-18(24)23-16(11-17(20)22-23)12-3-5-13(19)6-4-12/h3-11H,2H2,1H3,(H2,20,22)(H,21,24). The molecular weight excluding hydrogens is 340 g/mol. The number of nitrogen functional groups attached to an aromatic ring is 1. The lowest BCUT2D eigenvalue weighted by Gasteiger charge is -2.09. The Morgan fingerprint density at radius 2 is 1.88 bits per heavy atom. The fourth-order valence-corrected chi connectivity index (χ4v) is 2.48. The van der Waals surface area contributed by atoms with Crippen molar-refractivity contribution >= 4 is 29.1 Å². The summed E-state index contributed by atoms with van der Waals surface area (Å²) in [7, 11) is 0. The molecule has 0 saturated carbocycles. The van der Waals surface area contributed by atoms with Crippen LogP contribution in [0.1, 0.15) is 6.92 Å². The zero-order valence-corrected chi connectivity index (χ0v) is 14.3. The van der Waals surface area contributed by atoms with Gasteiger partial charge in [0.05, 0.1) is 12.3 Å². The van der Waals surface area contributed by atoms with Crippen molar-refractivity contribution in [2.75, 3.05) is 17.7 Å². The minimum absolute atomic E-state index is 0.256. The van der Waals surface area contributed by atoms with Crippen molar-refractivity contribution in [2.24, 2.45) is 0 Å². The SMILES string of the molecule is CCOc1ccc(NC(=O)n2nc(N)cc2-c2ccc(Cl)cc2)cc1. The number of anilines is 2. The van der Waals surface area contributed by atoms with Gasteiger partial charge in [-0.15, -0.1) is 5.10 Å². The van der Waals surface area contributed by atoms with Crippen LogP contribution in [0.3, 0.4) is 0 Å². The number of amides is 1. The molecule has 0 bridgehead atoms. The first kappa shape index (κ1) is 16.9. The molecule has 0 aliphatic heterocycles. The highest BCUT2D eigenvalue weighted by Crippen LogP contribution is 2.24. The number of benzene rings is 2. The average Bonchev–Trinajstić information content (AvgIpc) is 2.99. The Morgan fingerprint density at radius 3 is 2.52 bits per heavy atom. The molecule has 3 N–H and O–H groups in total. The van der Waals surface area contributed by atoms with Crippen molar-refractivity contribution < 1.29 is 9.53 Å². The van der Waals surface area contributed by atoms with Crippen molar-refractivity contribution in [1.82, 2.24) is 9.78 Å². The van der Waals surface area contributed by atoms with Gasteiger partial charge in [0.25, 0.3) is 0 Å². The average molecular weight is 357 g/mol. The van der Waals surface area contributed by atoms with Gasteiger partial charge in [-0.05, 0) is 43.3 Å². The number of rotatable bonds is 4. The lowest BCUT2D eigenvalue weighted by molar-refractivity contribution is 0.251. The third-order valence-corrected chi connectivity index (χ3v) is 3.73. The normalized spacial score (nSPS) is 10.5. The first-order chi connectivity index (χ1) is 12.1. The van der Waals surface area contributed by atoms with E-state index in [1.165, 1.54) is 4.68 Å². The predicted molar refractivity (Wildman–Crippen MR) is 99.1 cm³/mol. The van der Waals surface area contributed by atoms with E-state index in [0.717, 1.165) is 11.3 Å². The molecule has 0 atom stereocenters. The summed E-state index contributed by atoms with van der Waals surface area (Å²) in [6.45, 7) is 2.50. The zero-order valence-electron chi connectivity index (χ0n) is 13.6. The molecule has 0 unspecified atom stereocenters. The van der Waals surface area contributed by atoms with E-state index in [-0.39, 0.29) is 5.82 Å². The van der Waals surface area contributed by atoms with Crippen LogP contribution in [0.15, 0.2) is 54.6 Å². The molecule has 0 saturated heterocycles. The maximum Gasteiger partial charge on any atom is 0.347 e. The van der Waals surface area contributed by atoms with Crippen LogP contribution in [0, 0.1) is 0 Å². The maximum absolute atomic E-state index is 12.6. The largest absolute Gasteiger partial charge is 0.494 e. The molecule has 1 amide bonds. The second-order valence-corrected chi connectivity index (χ2v) is 5.70. The van der Waals surface area contributed by atoms with Crippen molar-refractivity contribution in [2.45, 2.75) is 6.92 Å². The van der Waals surface area contributed by atoms with E-state index in [2.05, 4.69) is 10.4 Å². The van der Waals surface area contributed by atoms with Crippen molar-refractivity contribution in [3.63, 3.8) is 0 Å². The number of halogens is 1. The van der Waals surface area contributed by atoms with Gasteiger partial charge in [0, 0.05) is 22.3 Å². The summed E-state index contributed by atoms with van der Waals surface area (Å²) in [5, 5.41) is 7.48. The third kappa shape index (κ3) is 3.92. The number of ether oxygens (including phenoxy) is 1. The van der Waals surface area contributed by atoms with E-state index >= 15 is 0 Å². The number of hydrogen-bond donors (Lipinski definition) is 2. The molecule has 3 aromatic rings. The highest BCUT2D eigenvalue weighted by atomic mass is 35.5. The Balaban J connectivity index is 1.83. The van der Waals surface area contributed by atoms with Gasteiger partial charge in [0.15, 0.2) is 0 Å². The minimum atomic E-state index is -0.411. The van der Waals surface area contributed by atoms with E-state index in [4.69, 9.17) is 22.1 Å². The number of nitrogens with one attached hydrogen (secondary N) is 1. The Hall–Kier alpha value is -2.99. The van der Waals surface area contributed by atoms with Crippen LogP contribution in [0.2, 0.25) is 5.02 Å². The van der Waals surface area contributed by atoms with Crippen LogP contribution < -0.4 is 15.8 Å². The number of aromatic nitrogens is 2. The molecular formula is C18H17ClN4O2. The summed E-state index contributed by atoms with van der Waals surface area (Å²) >= 11 is 5.91. The fraction of sp³-hybridized carbons (Fsp3) is 0.111. The van der Waals surface area contributed by atoms with Gasteiger partial charge in [-0.25, -0.2) is 4.79 Å². The zero-order chi connectivity index (χ0) is 17.8. The second kappa shape index (κ2) is 7.27. The highest BCUT2D eigenvalue weighted by Gasteiger charge is 2.15. The van der Waals surface area contributed by atoms with Gasteiger partial charge in [-0.3, -0.25) is 0 Å². The quantitative estimate of drug-likeness (QED) is 0.731. The van der Waals surface area contributed by atoms with E-state index in [9.17, 15) is 4.79 Å². The topological polar surface area (TPSA) is 82.2 Å². The van der Waals surface area contributed by atoms with Crippen LogP contribution in [0.25, 0.3) is 11.3 Å². The van der Waals surface area contributed by atoms with Crippen molar-refractivity contribution in [3.05, 3.63) is 59.6 Å². The predicted octanol–water partition coefficient (Wildman–Crippen LogP) is 4.26. The van der Waals surface area contributed by atoms with Gasteiger partial charge in [-0.2, -0.15) is 4.68 Å². The fourth-order valence-electron chi connectivity index (χ4n) is 2.36. The summed E-state index contributed by atoms with van der Waals surface area (Å²) in [4.78, 5) is 12.6. The maximum atomic E-state index is 12.6. The van der Waals surface area contributed by atoms with Crippen LogP contribution >= 0.6 is 11.6 Å². The Labute approximate surface area is 150 Å². The van der Waals surface area contributed by atoms with Gasteiger partial charge < -0.3 is 15.8 Å². The summed E-state index contributed by atoms with van der Waals surface area (Å²) < 4.78 is 6.61. The van der Waals surface area contributed by atoms with Crippen molar-refractivity contribution in [1.29, 1.82) is 0 Å². The molecule has 0 aliphatic carbocycles. The van der Waals surface area contributed by atoms with E-state index < -0.39 is 6.03 Å².